The number of hydrogen-bond donors (Lipinski definition) is 1. The quantitative estimate of drug-likeness (QED) is 0.109. The van der Waals surface area contributed by atoms with E-state index in [0.717, 1.165) is 33.4 Å². The van der Waals surface area contributed by atoms with Crippen LogP contribution >= 0.6 is 0 Å². The van der Waals surface area contributed by atoms with Crippen molar-refractivity contribution in [2.75, 3.05) is 6.61 Å². The molecule has 5 atom stereocenters. The molecular weight excluding hydrogens is 649 g/mol. The molecule has 6 nitrogen and oxygen atoms in total. The molecule has 1 aliphatic heterocycles. The molecule has 0 bridgehead atoms. The maximum Gasteiger partial charge on any atom is 0.184 e. The Kier molecular flexibility index (Phi) is 12.0. The van der Waals surface area contributed by atoms with Crippen LogP contribution in [0.15, 0.2) is 182 Å². The average Bonchev–Trinajstić information content (AvgIpc) is 3.22. The minimum absolute atomic E-state index is 0.0752. The number of hydrogen-bond acceptors (Lipinski definition) is 6. The summed E-state index contributed by atoms with van der Waals surface area (Å²) in [7, 11) is 0. The predicted molar refractivity (Wildman–Crippen MR) is 201 cm³/mol. The monoisotopic (exact) mass is 692 g/mol. The zero-order valence-electron chi connectivity index (χ0n) is 29.0. The summed E-state index contributed by atoms with van der Waals surface area (Å²) in [5.74, 6) is 0. The van der Waals surface area contributed by atoms with Gasteiger partial charge in [0.15, 0.2) is 6.29 Å². The van der Waals surface area contributed by atoms with Crippen molar-refractivity contribution in [1.29, 1.82) is 0 Å². The van der Waals surface area contributed by atoms with E-state index in [0.29, 0.717) is 13.2 Å². The highest BCUT2D eigenvalue weighted by Crippen LogP contribution is 2.41. The first-order valence-corrected chi connectivity index (χ1v) is 17.8. The van der Waals surface area contributed by atoms with Crippen molar-refractivity contribution in [2.24, 2.45) is 0 Å². The molecule has 0 amide bonds. The molecule has 0 unspecified atom stereocenters. The van der Waals surface area contributed by atoms with Gasteiger partial charge in [0.05, 0.1) is 26.4 Å². The van der Waals surface area contributed by atoms with Crippen molar-refractivity contribution in [2.45, 2.75) is 56.1 Å². The van der Waals surface area contributed by atoms with E-state index in [1.807, 2.05) is 146 Å². The van der Waals surface area contributed by atoms with Gasteiger partial charge in [0, 0.05) is 0 Å². The Morgan fingerprint density at radius 3 is 1.13 bits per heavy atom. The van der Waals surface area contributed by atoms with Crippen LogP contribution in [0.1, 0.15) is 33.4 Å². The fourth-order valence-corrected chi connectivity index (χ4v) is 6.87. The highest BCUT2D eigenvalue weighted by Gasteiger charge is 2.49. The molecule has 1 aliphatic rings. The maximum atomic E-state index is 11.7. The summed E-state index contributed by atoms with van der Waals surface area (Å²) in [6.07, 6.45) is -4.26. The largest absolute Gasteiger partial charge is 0.368 e. The second-order valence-corrected chi connectivity index (χ2v) is 12.9. The number of rotatable bonds is 15. The topological polar surface area (TPSA) is 66.4 Å². The number of ether oxygens (including phenoxy) is 5. The molecule has 264 valence electrons. The second-order valence-electron chi connectivity index (χ2n) is 12.9. The van der Waals surface area contributed by atoms with Gasteiger partial charge in [-0.1, -0.05) is 182 Å². The van der Waals surface area contributed by atoms with Gasteiger partial charge >= 0.3 is 0 Å². The van der Waals surface area contributed by atoms with E-state index < -0.39 is 36.3 Å². The lowest BCUT2D eigenvalue weighted by Crippen LogP contribution is -2.61. The molecule has 0 radical (unpaired) electrons. The lowest BCUT2D eigenvalue weighted by atomic mass is 9.80. The first-order valence-electron chi connectivity index (χ1n) is 17.8. The van der Waals surface area contributed by atoms with Crippen LogP contribution < -0.4 is 0 Å². The van der Waals surface area contributed by atoms with Crippen LogP contribution in [-0.2, 0) is 49.1 Å². The fraction of sp³-hybridized carbons (Fsp3) is 0.217. The zero-order chi connectivity index (χ0) is 35.4. The summed E-state index contributed by atoms with van der Waals surface area (Å²) in [5, 5.41) is 11.7. The normalized spacial score (nSPS) is 20.4. The predicted octanol–water partition coefficient (Wildman–Crippen LogP) is 8.47. The third-order valence-electron chi connectivity index (χ3n) is 9.47. The van der Waals surface area contributed by atoms with E-state index in [-0.39, 0.29) is 13.2 Å². The van der Waals surface area contributed by atoms with Crippen LogP contribution in [-0.4, -0.2) is 42.4 Å². The van der Waals surface area contributed by atoms with Crippen molar-refractivity contribution in [3.63, 3.8) is 0 Å². The first-order chi connectivity index (χ1) is 25.7. The van der Waals surface area contributed by atoms with E-state index in [9.17, 15) is 5.11 Å². The number of benzene rings is 6. The second kappa shape index (κ2) is 17.5. The molecule has 1 N–H and O–H groups in total. The maximum absolute atomic E-state index is 11.7. The molecule has 0 spiro atoms. The average molecular weight is 693 g/mol. The lowest BCUT2D eigenvalue weighted by Gasteiger charge is -2.45. The molecule has 6 heteroatoms. The Labute approximate surface area is 306 Å². The first kappa shape index (κ1) is 35.5. The van der Waals surface area contributed by atoms with E-state index >= 15 is 0 Å². The highest BCUT2D eigenvalue weighted by atomic mass is 16.7. The Balaban J connectivity index is 1.25. The standard InChI is InChI=1S/C46H44O6/c47-45-44(50-33-37-23-11-3-12-24-37)43(49-32-36-21-9-2-10-22-36)42(48-31-35-19-7-1-8-20-35)41(52-45)34-51-46(38-25-13-4-14-26-38,39-27-15-5-16-28-39)40-29-17-6-18-30-40/h1-30,41-45,47H,31-34H2/t41-,42+,43+,44-,45-/m1/s1. The summed E-state index contributed by atoms with van der Waals surface area (Å²) < 4.78 is 33.6. The van der Waals surface area contributed by atoms with Gasteiger partial charge in [-0.2, -0.15) is 0 Å². The Bertz CT molecular complexity index is 1800. The van der Waals surface area contributed by atoms with Gasteiger partial charge in [0.25, 0.3) is 0 Å². The molecule has 0 saturated carbocycles. The summed E-state index contributed by atoms with van der Waals surface area (Å²) in [4.78, 5) is 0. The SMILES string of the molecule is O[C@@H]1O[C@H](COC(c2ccccc2)(c2ccccc2)c2ccccc2)[C@H](OCc2ccccc2)[C@H](OCc2ccccc2)[C@H]1OCc1ccccc1. The van der Waals surface area contributed by atoms with E-state index in [1.54, 1.807) is 0 Å². The van der Waals surface area contributed by atoms with Crippen LogP contribution in [0.5, 0.6) is 0 Å². The van der Waals surface area contributed by atoms with Gasteiger partial charge in [0.2, 0.25) is 0 Å². The summed E-state index contributed by atoms with van der Waals surface area (Å²) in [6, 6.07) is 60.5. The highest BCUT2D eigenvalue weighted by molar-refractivity contribution is 5.47. The Morgan fingerprint density at radius 2 is 0.750 bits per heavy atom. The van der Waals surface area contributed by atoms with Crippen molar-refractivity contribution in [1.82, 2.24) is 0 Å². The zero-order valence-corrected chi connectivity index (χ0v) is 29.0. The molecule has 0 aromatic heterocycles. The summed E-state index contributed by atoms with van der Waals surface area (Å²) in [5.41, 5.74) is 4.87. The van der Waals surface area contributed by atoms with E-state index in [2.05, 4.69) is 36.4 Å². The van der Waals surface area contributed by atoms with Crippen molar-refractivity contribution in [3.8, 4) is 0 Å². The molecule has 6 aromatic carbocycles. The molecule has 1 fully saturated rings. The molecule has 1 heterocycles. The Hall–Kier alpha value is -4.92. The van der Waals surface area contributed by atoms with Gasteiger partial charge in [-0.3, -0.25) is 0 Å². The number of aliphatic hydroxyl groups excluding tert-OH is 1. The van der Waals surface area contributed by atoms with E-state index in [4.69, 9.17) is 23.7 Å². The van der Waals surface area contributed by atoms with Crippen LogP contribution in [0.2, 0.25) is 0 Å². The lowest BCUT2D eigenvalue weighted by molar-refractivity contribution is -0.319. The van der Waals surface area contributed by atoms with Crippen molar-refractivity contribution in [3.05, 3.63) is 215 Å². The van der Waals surface area contributed by atoms with Crippen LogP contribution in [0.4, 0.5) is 0 Å². The molecular formula is C46H44O6. The fourth-order valence-electron chi connectivity index (χ4n) is 6.87. The molecule has 0 aliphatic carbocycles. The van der Waals surface area contributed by atoms with Crippen molar-refractivity contribution >= 4 is 0 Å². The molecule has 6 aromatic rings. The smallest absolute Gasteiger partial charge is 0.184 e. The summed E-state index contributed by atoms with van der Waals surface area (Å²) >= 11 is 0. The van der Waals surface area contributed by atoms with Gasteiger partial charge in [-0.15, -0.1) is 0 Å². The third kappa shape index (κ3) is 8.41. The minimum atomic E-state index is -1.31. The van der Waals surface area contributed by atoms with E-state index in [1.165, 1.54) is 0 Å². The van der Waals surface area contributed by atoms with Crippen LogP contribution in [0.25, 0.3) is 0 Å². The van der Waals surface area contributed by atoms with Crippen LogP contribution in [0, 0.1) is 0 Å². The number of aliphatic hydroxyl groups is 1. The molecule has 7 rings (SSSR count). The van der Waals surface area contributed by atoms with Gasteiger partial charge in [-0.05, 0) is 33.4 Å². The summed E-state index contributed by atoms with van der Waals surface area (Å²) in [6.45, 7) is 0.943. The Morgan fingerprint density at radius 1 is 0.423 bits per heavy atom. The molecule has 1 saturated heterocycles. The van der Waals surface area contributed by atoms with Gasteiger partial charge < -0.3 is 28.8 Å². The molecule has 52 heavy (non-hydrogen) atoms. The minimum Gasteiger partial charge on any atom is -0.368 e. The van der Waals surface area contributed by atoms with Crippen LogP contribution in [0.3, 0.4) is 0 Å². The van der Waals surface area contributed by atoms with Gasteiger partial charge in [0.1, 0.15) is 30.0 Å². The third-order valence-corrected chi connectivity index (χ3v) is 9.47. The van der Waals surface area contributed by atoms with Gasteiger partial charge in [-0.25, -0.2) is 0 Å². The van der Waals surface area contributed by atoms with Crippen molar-refractivity contribution < 1.29 is 28.8 Å².